The molecule has 1 unspecified atom stereocenters. The first-order chi connectivity index (χ1) is 18.0. The molecule has 208 valence electrons. The fourth-order valence-corrected chi connectivity index (χ4v) is 6.11. The van der Waals surface area contributed by atoms with Crippen LogP contribution in [0.2, 0.25) is 10.0 Å². The quantitative estimate of drug-likeness (QED) is 0.368. The molecular formula is C28H37Cl2N3O4S. The largest absolute Gasteiger partial charge is 0.352 e. The Morgan fingerprint density at radius 2 is 1.71 bits per heavy atom. The Hall–Kier alpha value is -2.29. The van der Waals surface area contributed by atoms with Crippen LogP contribution in [-0.2, 0) is 26.2 Å². The van der Waals surface area contributed by atoms with Gasteiger partial charge < -0.3 is 10.2 Å². The van der Waals surface area contributed by atoms with Gasteiger partial charge in [0.2, 0.25) is 21.8 Å². The van der Waals surface area contributed by atoms with Crippen LogP contribution < -0.4 is 9.62 Å². The van der Waals surface area contributed by atoms with Gasteiger partial charge in [0.05, 0.1) is 17.0 Å². The van der Waals surface area contributed by atoms with E-state index in [9.17, 15) is 18.0 Å². The zero-order valence-corrected chi connectivity index (χ0v) is 24.6. The molecule has 1 fully saturated rings. The van der Waals surface area contributed by atoms with Gasteiger partial charge in [0, 0.05) is 30.6 Å². The van der Waals surface area contributed by atoms with Crippen LogP contribution in [0, 0.1) is 6.92 Å². The van der Waals surface area contributed by atoms with Gasteiger partial charge in [-0.2, -0.15) is 0 Å². The Bertz CT molecular complexity index is 1220. The first-order valence-corrected chi connectivity index (χ1v) is 15.6. The minimum atomic E-state index is -3.67. The molecule has 2 aromatic carbocycles. The molecule has 1 saturated carbocycles. The number of benzene rings is 2. The highest BCUT2D eigenvalue weighted by Crippen LogP contribution is 2.31. The van der Waals surface area contributed by atoms with Gasteiger partial charge in [0.1, 0.15) is 6.04 Å². The minimum absolute atomic E-state index is 0.0473. The number of nitrogens with zero attached hydrogens (tertiary/aromatic N) is 2. The average molecular weight is 583 g/mol. The molecule has 0 saturated heterocycles. The number of hydrogen-bond donors (Lipinski definition) is 1. The van der Waals surface area contributed by atoms with Crippen molar-refractivity contribution in [2.45, 2.75) is 77.4 Å². The monoisotopic (exact) mass is 581 g/mol. The number of aryl methyl sites for hydroxylation is 1. The summed E-state index contributed by atoms with van der Waals surface area (Å²) in [5, 5.41) is 3.74. The highest BCUT2D eigenvalue weighted by atomic mass is 35.5. The molecule has 0 aliphatic heterocycles. The second-order valence-corrected chi connectivity index (χ2v) is 12.8. The van der Waals surface area contributed by atoms with Crippen molar-refractivity contribution < 1.29 is 18.0 Å². The summed E-state index contributed by atoms with van der Waals surface area (Å²) in [6, 6.07) is 11.9. The zero-order chi connectivity index (χ0) is 27.9. The van der Waals surface area contributed by atoms with Gasteiger partial charge in [-0.3, -0.25) is 13.9 Å². The topological polar surface area (TPSA) is 86.8 Å². The summed E-state index contributed by atoms with van der Waals surface area (Å²) in [5.41, 5.74) is 2.30. The Labute approximate surface area is 236 Å². The maximum Gasteiger partial charge on any atom is 0.242 e. The first-order valence-electron chi connectivity index (χ1n) is 13.0. The van der Waals surface area contributed by atoms with Crippen LogP contribution in [0.25, 0.3) is 0 Å². The molecule has 2 amide bonds. The Morgan fingerprint density at radius 3 is 2.34 bits per heavy atom. The molecule has 38 heavy (non-hydrogen) atoms. The van der Waals surface area contributed by atoms with Crippen molar-refractivity contribution >= 4 is 50.7 Å². The molecule has 0 aromatic heterocycles. The summed E-state index contributed by atoms with van der Waals surface area (Å²) in [7, 11) is -3.67. The number of carbonyl (C=O) groups is 2. The number of anilines is 1. The summed E-state index contributed by atoms with van der Waals surface area (Å²) in [6.07, 6.45) is 6.69. The molecule has 1 atom stereocenters. The second kappa shape index (κ2) is 13.7. The van der Waals surface area contributed by atoms with Gasteiger partial charge in [-0.1, -0.05) is 72.3 Å². The first kappa shape index (κ1) is 30.3. The third-order valence-corrected chi connectivity index (χ3v) is 8.66. The predicted octanol–water partition coefficient (Wildman–Crippen LogP) is 5.71. The molecule has 1 aliphatic carbocycles. The third kappa shape index (κ3) is 8.61. The lowest BCUT2D eigenvalue weighted by Crippen LogP contribution is -2.50. The number of hydrogen-bond acceptors (Lipinski definition) is 4. The fourth-order valence-electron chi connectivity index (χ4n) is 4.70. The molecule has 10 heteroatoms. The number of carbonyl (C=O) groups excluding carboxylic acids is 2. The standard InChI is InChI=1S/C28H37Cl2N3O4S/c1-20-11-13-22(14-12-20)19-32(21(2)28(35)31-24-8-5-4-6-9-24)27(34)10-7-17-33(38(3,36)37)26-18-23(29)15-16-25(26)30/h11-16,18,21,24H,4-10,17,19H2,1-3H3,(H,31,35). The van der Waals surface area contributed by atoms with Crippen molar-refractivity contribution in [1.82, 2.24) is 10.2 Å². The van der Waals surface area contributed by atoms with E-state index in [1.807, 2.05) is 31.2 Å². The fraction of sp³-hybridized carbons (Fsp3) is 0.500. The van der Waals surface area contributed by atoms with Gasteiger partial charge in [-0.05, 0) is 56.9 Å². The maximum atomic E-state index is 13.5. The SMILES string of the molecule is Cc1ccc(CN(C(=O)CCCN(c2cc(Cl)ccc2Cl)S(C)(=O)=O)C(C)C(=O)NC2CCCCC2)cc1. The van der Waals surface area contributed by atoms with Crippen molar-refractivity contribution in [3.8, 4) is 0 Å². The van der Waals surface area contributed by atoms with Crippen molar-refractivity contribution in [1.29, 1.82) is 0 Å². The highest BCUT2D eigenvalue weighted by molar-refractivity contribution is 7.92. The average Bonchev–Trinajstić information content (AvgIpc) is 2.87. The van der Waals surface area contributed by atoms with Gasteiger partial charge in [0.25, 0.3) is 0 Å². The third-order valence-electron chi connectivity index (χ3n) is 6.92. The summed E-state index contributed by atoms with van der Waals surface area (Å²) >= 11 is 12.3. The van der Waals surface area contributed by atoms with Crippen LogP contribution in [0.4, 0.5) is 5.69 Å². The summed E-state index contributed by atoms with van der Waals surface area (Å²) < 4.78 is 26.2. The van der Waals surface area contributed by atoms with Crippen LogP contribution in [0.1, 0.15) is 63.0 Å². The van der Waals surface area contributed by atoms with E-state index in [1.54, 1.807) is 24.0 Å². The number of sulfonamides is 1. The van der Waals surface area contributed by atoms with Crippen molar-refractivity contribution in [2.75, 3.05) is 17.1 Å². The molecule has 0 radical (unpaired) electrons. The van der Waals surface area contributed by atoms with Crippen molar-refractivity contribution in [2.24, 2.45) is 0 Å². The molecule has 1 N–H and O–H groups in total. The number of nitrogens with one attached hydrogen (secondary N) is 1. The number of halogens is 2. The molecule has 0 bridgehead atoms. The van der Waals surface area contributed by atoms with E-state index in [0.717, 1.165) is 47.4 Å². The summed E-state index contributed by atoms with van der Waals surface area (Å²) in [5.74, 6) is -0.386. The summed E-state index contributed by atoms with van der Waals surface area (Å²) in [4.78, 5) is 28.2. The van der Waals surface area contributed by atoms with E-state index in [1.165, 1.54) is 12.5 Å². The molecule has 7 nitrogen and oxygen atoms in total. The van der Waals surface area contributed by atoms with Crippen LogP contribution in [0.5, 0.6) is 0 Å². The van der Waals surface area contributed by atoms with Gasteiger partial charge in [-0.25, -0.2) is 8.42 Å². The van der Waals surface area contributed by atoms with E-state index in [2.05, 4.69) is 5.32 Å². The van der Waals surface area contributed by atoms with Gasteiger partial charge in [-0.15, -0.1) is 0 Å². The normalized spacial score (nSPS) is 15.1. The Kier molecular flexibility index (Phi) is 10.9. The minimum Gasteiger partial charge on any atom is -0.352 e. The van der Waals surface area contributed by atoms with Crippen LogP contribution >= 0.6 is 23.2 Å². The lowest BCUT2D eigenvalue weighted by atomic mass is 9.95. The van der Waals surface area contributed by atoms with E-state index >= 15 is 0 Å². The molecular weight excluding hydrogens is 545 g/mol. The lowest BCUT2D eigenvalue weighted by Gasteiger charge is -2.31. The lowest BCUT2D eigenvalue weighted by molar-refractivity contribution is -0.141. The van der Waals surface area contributed by atoms with E-state index < -0.39 is 16.1 Å². The molecule has 1 aliphatic rings. The predicted molar refractivity (Wildman–Crippen MR) is 154 cm³/mol. The molecule has 3 rings (SSSR count). The number of rotatable bonds is 11. The van der Waals surface area contributed by atoms with Crippen LogP contribution in [0.15, 0.2) is 42.5 Å². The maximum absolute atomic E-state index is 13.5. The number of amides is 2. The van der Waals surface area contributed by atoms with E-state index in [0.29, 0.717) is 5.02 Å². The Morgan fingerprint density at radius 1 is 1.05 bits per heavy atom. The van der Waals surface area contributed by atoms with Gasteiger partial charge >= 0.3 is 0 Å². The van der Waals surface area contributed by atoms with Crippen molar-refractivity contribution in [3.63, 3.8) is 0 Å². The van der Waals surface area contributed by atoms with Crippen LogP contribution in [0.3, 0.4) is 0 Å². The smallest absolute Gasteiger partial charge is 0.242 e. The highest BCUT2D eigenvalue weighted by Gasteiger charge is 2.28. The zero-order valence-electron chi connectivity index (χ0n) is 22.3. The second-order valence-electron chi connectivity index (χ2n) is 10.1. The summed E-state index contributed by atoms with van der Waals surface area (Å²) in [6.45, 7) is 4.07. The molecule has 2 aromatic rings. The van der Waals surface area contributed by atoms with E-state index in [-0.39, 0.29) is 54.5 Å². The molecule has 0 heterocycles. The van der Waals surface area contributed by atoms with Crippen LogP contribution in [-0.4, -0.2) is 50.0 Å². The molecule has 0 spiro atoms. The van der Waals surface area contributed by atoms with E-state index in [4.69, 9.17) is 23.2 Å². The van der Waals surface area contributed by atoms with Gasteiger partial charge in [0.15, 0.2) is 0 Å². The van der Waals surface area contributed by atoms with Crippen molar-refractivity contribution in [3.05, 3.63) is 63.6 Å². The Balaban J connectivity index is 1.73.